The number of rotatable bonds is 13. The van der Waals surface area contributed by atoms with E-state index in [2.05, 4.69) is 72.2 Å². The van der Waals surface area contributed by atoms with E-state index in [9.17, 15) is 4.79 Å². The summed E-state index contributed by atoms with van der Waals surface area (Å²) in [6, 6.07) is 31.3. The van der Waals surface area contributed by atoms with Crippen LogP contribution in [-0.4, -0.2) is 36.5 Å². The molecular formula is C32H35NO4S. The van der Waals surface area contributed by atoms with Crippen LogP contribution < -0.4 is 4.74 Å². The van der Waals surface area contributed by atoms with Crippen LogP contribution in [0.3, 0.4) is 0 Å². The first kappa shape index (κ1) is 27.6. The van der Waals surface area contributed by atoms with E-state index in [4.69, 9.17) is 14.2 Å². The van der Waals surface area contributed by atoms with Gasteiger partial charge in [0.1, 0.15) is 12.4 Å². The molecule has 1 aromatic heterocycles. The molecule has 3 aromatic carbocycles. The zero-order valence-electron chi connectivity index (χ0n) is 22.3. The monoisotopic (exact) mass is 529 g/mol. The molecule has 0 amide bonds. The number of hydrogen-bond donors (Lipinski definition) is 0. The molecule has 1 atom stereocenters. The minimum absolute atomic E-state index is 0.322. The van der Waals surface area contributed by atoms with Gasteiger partial charge in [-0.15, -0.1) is 0 Å². The third-order valence-corrected chi connectivity index (χ3v) is 7.19. The van der Waals surface area contributed by atoms with Crippen molar-refractivity contribution in [1.82, 2.24) is 4.57 Å². The van der Waals surface area contributed by atoms with Gasteiger partial charge in [0.15, 0.2) is 6.10 Å². The van der Waals surface area contributed by atoms with Gasteiger partial charge in [0.05, 0.1) is 13.2 Å². The Balaban J connectivity index is 1.33. The van der Waals surface area contributed by atoms with Crippen molar-refractivity contribution in [3.05, 3.63) is 102 Å². The van der Waals surface area contributed by atoms with Crippen molar-refractivity contribution in [2.75, 3.05) is 19.8 Å². The van der Waals surface area contributed by atoms with E-state index >= 15 is 0 Å². The van der Waals surface area contributed by atoms with E-state index < -0.39 is 6.10 Å². The molecule has 0 aliphatic carbocycles. The second-order valence-corrected chi connectivity index (χ2v) is 9.99. The predicted octanol–water partition coefficient (Wildman–Crippen LogP) is 7.20. The molecule has 4 rings (SSSR count). The number of carbonyl (C=O) groups excluding carboxylic acids is 1. The number of carbonyl (C=O) groups is 1. The van der Waals surface area contributed by atoms with Gasteiger partial charge in [-0.1, -0.05) is 54.2 Å². The van der Waals surface area contributed by atoms with Gasteiger partial charge in [-0.2, -0.15) is 0 Å². The molecule has 0 N–H and O–H groups in total. The molecule has 5 nitrogen and oxygen atoms in total. The number of nitrogens with zero attached hydrogens (tertiary/aromatic N) is 1. The molecule has 0 spiro atoms. The topological polar surface area (TPSA) is 49.7 Å². The van der Waals surface area contributed by atoms with Crippen molar-refractivity contribution in [1.29, 1.82) is 0 Å². The minimum atomic E-state index is -0.590. The Morgan fingerprint density at radius 2 is 1.55 bits per heavy atom. The second-order valence-electron chi connectivity index (χ2n) is 8.84. The van der Waals surface area contributed by atoms with Gasteiger partial charge in [-0.05, 0) is 80.4 Å². The molecule has 6 heteroatoms. The first-order valence-corrected chi connectivity index (χ1v) is 13.9. The highest BCUT2D eigenvalue weighted by Gasteiger charge is 2.20. The molecular weight excluding hydrogens is 494 g/mol. The first-order chi connectivity index (χ1) is 18.6. The molecule has 1 unspecified atom stereocenters. The predicted molar refractivity (Wildman–Crippen MR) is 153 cm³/mol. The van der Waals surface area contributed by atoms with E-state index in [0.717, 1.165) is 17.9 Å². The Morgan fingerprint density at radius 3 is 2.24 bits per heavy atom. The van der Waals surface area contributed by atoms with Gasteiger partial charge in [-0.25, -0.2) is 4.79 Å². The molecule has 4 aromatic rings. The van der Waals surface area contributed by atoms with Crippen molar-refractivity contribution in [2.45, 2.75) is 49.6 Å². The van der Waals surface area contributed by atoms with Gasteiger partial charge in [-0.3, -0.25) is 0 Å². The van der Waals surface area contributed by atoms with Crippen molar-refractivity contribution >= 4 is 17.7 Å². The van der Waals surface area contributed by atoms with E-state index in [1.54, 1.807) is 18.7 Å². The molecule has 38 heavy (non-hydrogen) atoms. The van der Waals surface area contributed by atoms with E-state index in [1.807, 2.05) is 37.3 Å². The van der Waals surface area contributed by atoms with E-state index in [-0.39, 0.29) is 5.97 Å². The average Bonchev–Trinajstić information content (AvgIpc) is 3.30. The van der Waals surface area contributed by atoms with Gasteiger partial charge < -0.3 is 18.8 Å². The standard InChI is InChI=1S/C32H35NO4S/c1-4-35-31(32(34)36-5-2)23-25-12-16-27(17-13-25)37-22-21-33-24(3)11-20-30(33)26-14-18-29(19-15-26)38-28-9-7-6-8-10-28/h6-20,31H,4-5,21-23H2,1-3H3. The summed E-state index contributed by atoms with van der Waals surface area (Å²) in [5.41, 5.74) is 4.56. The maximum atomic E-state index is 12.1. The maximum absolute atomic E-state index is 12.1. The highest BCUT2D eigenvalue weighted by Crippen LogP contribution is 2.30. The Morgan fingerprint density at radius 1 is 0.842 bits per heavy atom. The number of benzene rings is 3. The van der Waals surface area contributed by atoms with Crippen LogP contribution in [0.4, 0.5) is 0 Å². The van der Waals surface area contributed by atoms with E-state index in [1.165, 1.54) is 26.7 Å². The smallest absolute Gasteiger partial charge is 0.335 e. The van der Waals surface area contributed by atoms with Crippen molar-refractivity contribution < 1.29 is 19.0 Å². The average molecular weight is 530 g/mol. The van der Waals surface area contributed by atoms with Crippen molar-refractivity contribution in [3.8, 4) is 17.0 Å². The molecule has 0 aliphatic rings. The summed E-state index contributed by atoms with van der Waals surface area (Å²) in [7, 11) is 0. The summed E-state index contributed by atoms with van der Waals surface area (Å²) < 4.78 is 19.1. The maximum Gasteiger partial charge on any atom is 0.335 e. The number of ether oxygens (including phenoxy) is 3. The summed E-state index contributed by atoms with van der Waals surface area (Å²) in [5, 5.41) is 0. The van der Waals surface area contributed by atoms with Gasteiger partial charge in [0.25, 0.3) is 0 Å². The zero-order chi connectivity index (χ0) is 26.7. The molecule has 0 saturated carbocycles. The molecule has 0 saturated heterocycles. The van der Waals surface area contributed by atoms with Crippen LogP contribution in [0, 0.1) is 6.92 Å². The normalized spacial score (nSPS) is 11.8. The van der Waals surface area contributed by atoms with Crippen LogP contribution in [0.1, 0.15) is 25.1 Å². The number of esters is 1. The minimum Gasteiger partial charge on any atom is -0.492 e. The van der Waals surface area contributed by atoms with Crippen LogP contribution in [-0.2, 0) is 27.2 Å². The lowest BCUT2D eigenvalue weighted by Gasteiger charge is -2.16. The molecule has 0 aliphatic heterocycles. The van der Waals surface area contributed by atoms with Crippen LogP contribution in [0.25, 0.3) is 11.3 Å². The van der Waals surface area contributed by atoms with Gasteiger partial charge in [0.2, 0.25) is 0 Å². The Hall–Kier alpha value is -3.48. The lowest BCUT2D eigenvalue weighted by molar-refractivity contribution is -0.156. The fourth-order valence-corrected chi connectivity index (χ4v) is 5.11. The number of aromatic nitrogens is 1. The quantitative estimate of drug-likeness (QED) is 0.171. The van der Waals surface area contributed by atoms with Crippen LogP contribution >= 0.6 is 11.8 Å². The number of aryl methyl sites for hydroxylation is 1. The SMILES string of the molecule is CCOC(=O)C(Cc1ccc(OCCn2c(C)ccc2-c2ccc(Sc3ccccc3)cc2)cc1)OCC. The van der Waals surface area contributed by atoms with E-state index in [0.29, 0.717) is 26.2 Å². The fourth-order valence-electron chi connectivity index (χ4n) is 4.27. The molecule has 0 radical (unpaired) electrons. The molecule has 1 heterocycles. The van der Waals surface area contributed by atoms with Gasteiger partial charge in [0, 0.05) is 34.2 Å². The van der Waals surface area contributed by atoms with Crippen LogP contribution in [0.5, 0.6) is 5.75 Å². The molecule has 0 fully saturated rings. The third kappa shape index (κ3) is 7.53. The zero-order valence-corrected chi connectivity index (χ0v) is 23.1. The summed E-state index contributed by atoms with van der Waals surface area (Å²) >= 11 is 1.77. The molecule has 0 bridgehead atoms. The summed E-state index contributed by atoms with van der Waals surface area (Å²) in [6.07, 6.45) is -0.116. The summed E-state index contributed by atoms with van der Waals surface area (Å²) in [6.45, 7) is 7.89. The summed E-state index contributed by atoms with van der Waals surface area (Å²) in [5.74, 6) is 0.476. The highest BCUT2D eigenvalue weighted by atomic mass is 32.2. The lowest BCUT2D eigenvalue weighted by Crippen LogP contribution is -2.28. The van der Waals surface area contributed by atoms with Crippen LogP contribution in [0.15, 0.2) is 101 Å². The van der Waals surface area contributed by atoms with Crippen molar-refractivity contribution in [3.63, 3.8) is 0 Å². The Labute approximate surface area is 229 Å². The Bertz CT molecular complexity index is 1280. The lowest BCUT2D eigenvalue weighted by atomic mass is 10.1. The largest absolute Gasteiger partial charge is 0.492 e. The first-order valence-electron chi connectivity index (χ1n) is 13.1. The fraction of sp³-hybridized carbons (Fsp3) is 0.281. The van der Waals surface area contributed by atoms with Crippen molar-refractivity contribution in [2.24, 2.45) is 0 Å². The Kier molecular flexibility index (Phi) is 10.1. The summed E-state index contributed by atoms with van der Waals surface area (Å²) in [4.78, 5) is 14.6. The second kappa shape index (κ2) is 13.9. The highest BCUT2D eigenvalue weighted by molar-refractivity contribution is 7.99. The van der Waals surface area contributed by atoms with Crippen LogP contribution in [0.2, 0.25) is 0 Å². The van der Waals surface area contributed by atoms with Gasteiger partial charge >= 0.3 is 5.97 Å². The molecule has 198 valence electrons. The third-order valence-electron chi connectivity index (χ3n) is 6.17. The number of hydrogen-bond acceptors (Lipinski definition) is 5.